The molecule has 1 fully saturated rings. The second kappa shape index (κ2) is 3.72. The van der Waals surface area contributed by atoms with E-state index < -0.39 is 7.26 Å². The van der Waals surface area contributed by atoms with E-state index in [4.69, 9.17) is 1.37 Å². The van der Waals surface area contributed by atoms with Gasteiger partial charge < -0.3 is 0 Å². The molecule has 1 heteroatoms. The second-order valence-corrected chi connectivity index (χ2v) is 7.61. The van der Waals surface area contributed by atoms with Crippen LogP contribution in [0.5, 0.6) is 0 Å². The minimum Gasteiger partial charge on any atom is -0.0619 e. The Labute approximate surface area is 67.1 Å². The van der Waals surface area contributed by atoms with Crippen molar-refractivity contribution in [1.82, 2.24) is 0 Å². The fourth-order valence-corrected chi connectivity index (χ4v) is 5.94. The highest BCUT2D eigenvalue weighted by atomic mass is 31.2. The first-order chi connectivity index (χ1) is 5.25. The molecule has 0 radical (unpaired) electrons. The maximum atomic E-state index is 8.02. The van der Waals surface area contributed by atoms with Crippen molar-refractivity contribution in [3.63, 3.8) is 0 Å². The summed E-state index contributed by atoms with van der Waals surface area (Å²) in [6.07, 6.45) is 8.40. The van der Waals surface area contributed by atoms with Gasteiger partial charge in [0, 0.05) is 7.26 Å². The molecule has 0 N–H and O–H groups in total. The topological polar surface area (TPSA) is 0 Å². The van der Waals surface area contributed by atoms with Crippen molar-refractivity contribution in [3.05, 3.63) is 0 Å². The molecule has 0 spiro atoms. The summed E-state index contributed by atoms with van der Waals surface area (Å²) in [5.74, 6) is 0. The molecule has 0 amide bonds. The van der Waals surface area contributed by atoms with Crippen LogP contribution in [0.3, 0.4) is 0 Å². The van der Waals surface area contributed by atoms with Crippen LogP contribution in [0.25, 0.3) is 0 Å². The Kier molecular flexibility index (Phi) is 2.64. The number of hydrogen-bond donors (Lipinski definition) is 0. The third-order valence-corrected chi connectivity index (χ3v) is 7.47. The molecule has 0 aromatic rings. The Bertz CT molecular complexity index is 119. The van der Waals surface area contributed by atoms with Gasteiger partial charge in [-0.2, -0.15) is 0 Å². The Morgan fingerprint density at radius 1 is 1.30 bits per heavy atom. The first kappa shape index (κ1) is 7.10. The quantitative estimate of drug-likeness (QED) is 0.556. The van der Waals surface area contributed by atoms with Crippen LogP contribution in [-0.4, -0.2) is 24.6 Å². The average molecular weight is 160 g/mol. The molecule has 0 nitrogen and oxygen atoms in total. The van der Waals surface area contributed by atoms with Crippen molar-refractivity contribution in [2.75, 3.05) is 24.6 Å². The van der Waals surface area contributed by atoms with Crippen LogP contribution in [-0.2, 0) is 0 Å². The zero-order chi connectivity index (χ0) is 8.32. The fourth-order valence-electron chi connectivity index (χ4n) is 1.98. The van der Waals surface area contributed by atoms with Crippen molar-refractivity contribution in [2.45, 2.75) is 33.1 Å². The Morgan fingerprint density at radius 2 is 1.90 bits per heavy atom. The van der Waals surface area contributed by atoms with Crippen molar-refractivity contribution in [3.8, 4) is 0 Å². The van der Waals surface area contributed by atoms with Crippen molar-refractivity contribution < 1.29 is 1.37 Å². The monoisotopic (exact) mass is 160 g/mol. The van der Waals surface area contributed by atoms with Crippen LogP contribution in [0.4, 0.5) is 0 Å². The van der Waals surface area contributed by atoms with E-state index in [1.54, 1.807) is 0 Å². The van der Waals surface area contributed by atoms with Crippen LogP contribution in [0.15, 0.2) is 0 Å². The van der Waals surface area contributed by atoms with E-state index in [0.717, 1.165) is 6.42 Å². The van der Waals surface area contributed by atoms with Crippen LogP contribution in [0.2, 0.25) is 0 Å². The minimum atomic E-state index is -0.752. The van der Waals surface area contributed by atoms with Gasteiger partial charge in [0.15, 0.2) is 0 Å². The lowest BCUT2D eigenvalue weighted by atomic mass is 10.4. The van der Waals surface area contributed by atoms with Gasteiger partial charge in [0.25, 0.3) is 0 Å². The highest BCUT2D eigenvalue weighted by molar-refractivity contribution is 7.76. The SMILES string of the molecule is [2H]C(CC)[P+]1(CC)CCCC1. The van der Waals surface area contributed by atoms with Crippen LogP contribution in [0.1, 0.15) is 34.5 Å². The molecular formula is C9H20P+. The minimum absolute atomic E-state index is 0.315. The molecule has 0 bridgehead atoms. The van der Waals surface area contributed by atoms with Crippen molar-refractivity contribution in [1.29, 1.82) is 0 Å². The lowest BCUT2D eigenvalue weighted by molar-refractivity contribution is 0.949. The molecule has 0 aromatic carbocycles. The number of hydrogen-bond acceptors (Lipinski definition) is 0. The molecule has 1 aliphatic rings. The van der Waals surface area contributed by atoms with E-state index in [9.17, 15) is 0 Å². The lowest BCUT2D eigenvalue weighted by Crippen LogP contribution is -2.02. The predicted molar refractivity (Wildman–Crippen MR) is 51.6 cm³/mol. The van der Waals surface area contributed by atoms with Gasteiger partial charge >= 0.3 is 0 Å². The average Bonchev–Trinajstić information content (AvgIpc) is 2.52. The normalized spacial score (nSPS) is 28.0. The molecular weight excluding hydrogens is 139 g/mol. The highest BCUT2D eigenvalue weighted by Gasteiger charge is 2.37. The van der Waals surface area contributed by atoms with E-state index in [1.807, 2.05) is 0 Å². The molecule has 0 saturated carbocycles. The maximum absolute atomic E-state index is 8.02. The van der Waals surface area contributed by atoms with E-state index in [-0.39, 0.29) is 0 Å². The number of rotatable bonds is 3. The third kappa shape index (κ3) is 1.72. The molecule has 1 heterocycles. The van der Waals surface area contributed by atoms with Gasteiger partial charge in [-0.3, -0.25) is 0 Å². The molecule has 1 unspecified atom stereocenters. The molecule has 1 aliphatic heterocycles. The van der Waals surface area contributed by atoms with Crippen LogP contribution < -0.4 is 0 Å². The van der Waals surface area contributed by atoms with E-state index in [2.05, 4.69) is 13.8 Å². The summed E-state index contributed by atoms with van der Waals surface area (Å²) in [5.41, 5.74) is 0. The predicted octanol–water partition coefficient (Wildman–Crippen LogP) is 3.23. The van der Waals surface area contributed by atoms with Gasteiger partial charge in [-0.05, 0) is 26.2 Å². The van der Waals surface area contributed by atoms with Gasteiger partial charge in [-0.1, -0.05) is 6.92 Å². The molecule has 1 saturated heterocycles. The standard InChI is InChI=1S/C9H20P/c1-3-7-10(4-2)8-5-6-9-10/h3-9H2,1-2H3/q+1/i7D. The van der Waals surface area contributed by atoms with Crippen LogP contribution in [0, 0.1) is 0 Å². The smallest absolute Gasteiger partial charge is 0.0619 e. The Balaban J connectivity index is 2.58. The van der Waals surface area contributed by atoms with E-state index in [0.29, 0.717) is 6.14 Å². The fraction of sp³-hybridized carbons (Fsp3) is 1.00. The van der Waals surface area contributed by atoms with Gasteiger partial charge in [-0.25, -0.2) is 0 Å². The molecule has 1 atom stereocenters. The largest absolute Gasteiger partial charge is 0.0708 e. The molecule has 0 aliphatic carbocycles. The van der Waals surface area contributed by atoms with E-state index >= 15 is 0 Å². The summed E-state index contributed by atoms with van der Waals surface area (Å²) in [6, 6.07) is 0. The zero-order valence-corrected chi connectivity index (χ0v) is 8.16. The molecule has 1 rings (SSSR count). The first-order valence-electron chi connectivity index (χ1n) is 5.11. The van der Waals surface area contributed by atoms with Crippen molar-refractivity contribution >= 4 is 7.26 Å². The summed E-state index contributed by atoms with van der Waals surface area (Å²) in [7, 11) is -0.752. The maximum Gasteiger partial charge on any atom is 0.0708 e. The summed E-state index contributed by atoms with van der Waals surface area (Å²) in [6.45, 7) is 4.48. The first-order valence-corrected chi connectivity index (χ1v) is 6.94. The molecule has 60 valence electrons. The zero-order valence-electron chi connectivity index (χ0n) is 8.27. The van der Waals surface area contributed by atoms with Gasteiger partial charge in [-0.15, -0.1) is 0 Å². The second-order valence-electron chi connectivity index (χ2n) is 3.28. The highest BCUT2D eigenvalue weighted by Crippen LogP contribution is 2.63. The third-order valence-electron chi connectivity index (χ3n) is 2.66. The van der Waals surface area contributed by atoms with E-state index in [1.165, 1.54) is 31.3 Å². The summed E-state index contributed by atoms with van der Waals surface area (Å²) < 4.78 is 8.02. The lowest BCUT2D eigenvalue weighted by Gasteiger charge is -2.19. The molecule has 10 heavy (non-hydrogen) atoms. The molecule has 0 aromatic heterocycles. The summed E-state index contributed by atoms with van der Waals surface area (Å²) in [4.78, 5) is 0. The Morgan fingerprint density at radius 3 is 2.30 bits per heavy atom. The van der Waals surface area contributed by atoms with Gasteiger partial charge in [0.1, 0.15) is 0 Å². The van der Waals surface area contributed by atoms with Crippen molar-refractivity contribution in [2.24, 2.45) is 0 Å². The van der Waals surface area contributed by atoms with Gasteiger partial charge in [0.2, 0.25) is 0 Å². The van der Waals surface area contributed by atoms with Gasteiger partial charge in [0.05, 0.1) is 26.0 Å². The Hall–Kier alpha value is 0.430. The van der Waals surface area contributed by atoms with Crippen LogP contribution >= 0.6 is 7.26 Å². The summed E-state index contributed by atoms with van der Waals surface area (Å²) >= 11 is 0. The summed E-state index contributed by atoms with van der Waals surface area (Å²) in [5, 5.41) is 0.